The van der Waals surface area contributed by atoms with Crippen LogP contribution in [0.1, 0.15) is 39.0 Å². The van der Waals surface area contributed by atoms with Crippen LogP contribution in [0.25, 0.3) is 10.2 Å². The Balaban J connectivity index is 1.35. The van der Waals surface area contributed by atoms with Crippen molar-refractivity contribution in [2.24, 2.45) is 0 Å². The van der Waals surface area contributed by atoms with Gasteiger partial charge in [0, 0.05) is 11.4 Å². The molecule has 0 bridgehead atoms. The van der Waals surface area contributed by atoms with E-state index in [1.807, 2.05) is 0 Å². The molecular formula is C23H19N5O5S. The zero-order valence-electron chi connectivity index (χ0n) is 17.8. The summed E-state index contributed by atoms with van der Waals surface area (Å²) in [6.45, 7) is 0.241. The van der Waals surface area contributed by atoms with Gasteiger partial charge in [0.15, 0.2) is 6.61 Å². The van der Waals surface area contributed by atoms with Crippen LogP contribution in [0.3, 0.4) is 0 Å². The molecule has 0 spiro atoms. The Morgan fingerprint density at radius 3 is 2.97 bits per heavy atom. The lowest BCUT2D eigenvalue weighted by molar-refractivity contribution is -0.122. The molecule has 1 aliphatic carbocycles. The quantitative estimate of drug-likeness (QED) is 0.404. The average Bonchev–Trinajstić information content (AvgIpc) is 3.39. The minimum atomic E-state index is -0.547. The number of hydrogen-bond donors (Lipinski definition) is 4. The Labute approximate surface area is 197 Å². The smallest absolute Gasteiger partial charge is 0.287 e. The summed E-state index contributed by atoms with van der Waals surface area (Å²) in [6.07, 6.45) is 6.47. The van der Waals surface area contributed by atoms with Gasteiger partial charge in [-0.25, -0.2) is 4.98 Å². The van der Waals surface area contributed by atoms with Gasteiger partial charge in [-0.3, -0.25) is 19.2 Å². The fourth-order valence-corrected chi connectivity index (χ4v) is 5.44. The van der Waals surface area contributed by atoms with Gasteiger partial charge in [0.2, 0.25) is 11.7 Å². The van der Waals surface area contributed by atoms with E-state index < -0.39 is 17.4 Å². The Kier molecular flexibility index (Phi) is 5.51. The maximum Gasteiger partial charge on any atom is 0.287 e. The predicted octanol–water partition coefficient (Wildman–Crippen LogP) is 1.02. The molecule has 2 aliphatic rings. The molecule has 0 fully saturated rings. The SMILES string of the molecule is C#CCNC(=O)C1CCc2sc3nc(C(=O)NCc4ccc5c(c4)NC(=O)CO5)[nH]c(=O)c3c21. The van der Waals surface area contributed by atoms with Crippen molar-refractivity contribution >= 4 is 45.0 Å². The number of rotatable bonds is 5. The summed E-state index contributed by atoms with van der Waals surface area (Å²) in [5, 5.41) is 8.46. The average molecular weight is 478 g/mol. The van der Waals surface area contributed by atoms with Gasteiger partial charge in [-0.15, -0.1) is 17.8 Å². The number of anilines is 1. The molecule has 2 aromatic heterocycles. The van der Waals surface area contributed by atoms with Crippen LogP contribution in [-0.4, -0.2) is 40.8 Å². The Morgan fingerprint density at radius 1 is 1.29 bits per heavy atom. The number of H-pyrrole nitrogens is 1. The topological polar surface area (TPSA) is 142 Å². The van der Waals surface area contributed by atoms with Crippen molar-refractivity contribution in [3.8, 4) is 18.1 Å². The fourth-order valence-electron chi connectivity index (χ4n) is 4.19. The molecule has 10 nitrogen and oxygen atoms in total. The van der Waals surface area contributed by atoms with Crippen molar-refractivity contribution in [3.63, 3.8) is 0 Å². The molecule has 3 heterocycles. The van der Waals surface area contributed by atoms with Crippen molar-refractivity contribution in [1.29, 1.82) is 0 Å². The Morgan fingerprint density at radius 2 is 2.15 bits per heavy atom. The fraction of sp³-hybridized carbons (Fsp3) is 0.261. The van der Waals surface area contributed by atoms with Crippen LogP contribution in [0.15, 0.2) is 23.0 Å². The monoisotopic (exact) mass is 477 g/mol. The summed E-state index contributed by atoms with van der Waals surface area (Å²) in [4.78, 5) is 57.8. The summed E-state index contributed by atoms with van der Waals surface area (Å²) in [5.74, 6) is 1.34. The third-order valence-corrected chi connectivity index (χ3v) is 6.87. The standard InChI is InChI=1S/C23H19N5O5S/c1-2-7-24-20(30)12-4-6-15-17(12)18-21(31)27-19(28-23(18)34-15)22(32)25-9-11-3-5-14-13(8-11)26-16(29)10-33-14/h1,3,5,8,12H,4,6-7,9-10H2,(H,24,30)(H,25,32)(H,26,29)(H,27,28,31). The molecule has 0 radical (unpaired) electrons. The van der Waals surface area contributed by atoms with E-state index in [1.54, 1.807) is 18.2 Å². The summed E-state index contributed by atoms with van der Waals surface area (Å²) in [6, 6.07) is 5.19. The highest BCUT2D eigenvalue weighted by Crippen LogP contribution is 2.42. The number of hydrogen-bond acceptors (Lipinski definition) is 7. The van der Waals surface area contributed by atoms with Crippen molar-refractivity contribution < 1.29 is 19.1 Å². The van der Waals surface area contributed by atoms with Crippen LogP contribution in [0.5, 0.6) is 5.75 Å². The van der Waals surface area contributed by atoms with Gasteiger partial charge >= 0.3 is 0 Å². The number of nitrogens with zero attached hydrogens (tertiary/aromatic N) is 1. The molecule has 3 amide bonds. The minimum Gasteiger partial charge on any atom is -0.482 e. The zero-order chi connectivity index (χ0) is 23.8. The van der Waals surface area contributed by atoms with Gasteiger partial charge in [-0.05, 0) is 36.1 Å². The van der Waals surface area contributed by atoms with E-state index in [1.165, 1.54) is 11.3 Å². The molecule has 4 N–H and O–H groups in total. The number of terminal acetylenes is 1. The molecule has 1 aromatic carbocycles. The molecule has 1 atom stereocenters. The van der Waals surface area contributed by atoms with Crippen molar-refractivity contribution in [3.05, 3.63) is 50.4 Å². The number of amides is 3. The zero-order valence-corrected chi connectivity index (χ0v) is 18.6. The Hall–Kier alpha value is -4.17. The number of nitrogens with one attached hydrogen (secondary N) is 4. The van der Waals surface area contributed by atoms with Crippen LogP contribution >= 0.6 is 11.3 Å². The first-order valence-corrected chi connectivity index (χ1v) is 11.4. The lowest BCUT2D eigenvalue weighted by atomic mass is 10.0. The molecule has 1 aliphatic heterocycles. The highest BCUT2D eigenvalue weighted by molar-refractivity contribution is 7.18. The predicted molar refractivity (Wildman–Crippen MR) is 125 cm³/mol. The normalized spacial score (nSPS) is 16.1. The highest BCUT2D eigenvalue weighted by atomic mass is 32.1. The number of thiophene rings is 1. The second-order valence-corrected chi connectivity index (χ2v) is 8.98. The first-order chi connectivity index (χ1) is 16.4. The number of carbonyl (C=O) groups is 3. The molecule has 34 heavy (non-hydrogen) atoms. The second-order valence-electron chi connectivity index (χ2n) is 7.90. The largest absolute Gasteiger partial charge is 0.482 e. The minimum absolute atomic E-state index is 0.0347. The van der Waals surface area contributed by atoms with Gasteiger partial charge in [-0.2, -0.15) is 0 Å². The maximum atomic E-state index is 12.9. The number of fused-ring (bicyclic) bond motifs is 4. The molecular weight excluding hydrogens is 458 g/mol. The number of aromatic nitrogens is 2. The van der Waals surface area contributed by atoms with E-state index in [4.69, 9.17) is 11.2 Å². The summed E-state index contributed by atoms with van der Waals surface area (Å²) >= 11 is 1.32. The first-order valence-electron chi connectivity index (χ1n) is 10.5. The van der Waals surface area contributed by atoms with Gasteiger partial charge in [0.25, 0.3) is 17.4 Å². The highest BCUT2D eigenvalue weighted by Gasteiger charge is 2.34. The summed E-state index contributed by atoms with van der Waals surface area (Å²) < 4.78 is 5.33. The number of aromatic amines is 1. The number of ether oxygens (including phenoxy) is 1. The van der Waals surface area contributed by atoms with Crippen LogP contribution < -0.4 is 26.2 Å². The van der Waals surface area contributed by atoms with Crippen LogP contribution in [0.2, 0.25) is 0 Å². The third-order valence-electron chi connectivity index (χ3n) is 5.71. The number of aryl methyl sites for hydroxylation is 1. The van der Waals surface area contributed by atoms with Gasteiger partial charge < -0.3 is 25.7 Å². The van der Waals surface area contributed by atoms with E-state index in [9.17, 15) is 19.2 Å². The van der Waals surface area contributed by atoms with Crippen LogP contribution in [0.4, 0.5) is 5.69 Å². The van der Waals surface area contributed by atoms with E-state index in [-0.39, 0.29) is 37.3 Å². The number of carbonyl (C=O) groups excluding carboxylic acids is 3. The molecule has 0 saturated heterocycles. The molecule has 11 heteroatoms. The second kappa shape index (κ2) is 8.64. The first kappa shape index (κ1) is 21.7. The van der Waals surface area contributed by atoms with Gasteiger partial charge in [-0.1, -0.05) is 12.0 Å². The molecule has 5 rings (SSSR count). The van der Waals surface area contributed by atoms with Crippen molar-refractivity contribution in [1.82, 2.24) is 20.6 Å². The molecule has 0 saturated carbocycles. The van der Waals surface area contributed by atoms with E-state index in [2.05, 4.69) is 31.8 Å². The van der Waals surface area contributed by atoms with Crippen LogP contribution in [-0.2, 0) is 22.6 Å². The van der Waals surface area contributed by atoms with E-state index >= 15 is 0 Å². The third kappa shape index (κ3) is 3.88. The molecule has 172 valence electrons. The lowest BCUT2D eigenvalue weighted by Gasteiger charge is -2.18. The molecule has 1 unspecified atom stereocenters. The van der Waals surface area contributed by atoms with Crippen molar-refractivity contribution in [2.75, 3.05) is 18.5 Å². The Bertz CT molecular complexity index is 1450. The summed E-state index contributed by atoms with van der Waals surface area (Å²) in [7, 11) is 0. The molecule has 3 aromatic rings. The van der Waals surface area contributed by atoms with E-state index in [0.717, 1.165) is 10.4 Å². The van der Waals surface area contributed by atoms with Gasteiger partial charge in [0.1, 0.15) is 10.6 Å². The number of benzene rings is 1. The van der Waals surface area contributed by atoms with Crippen LogP contribution in [0, 0.1) is 12.3 Å². The van der Waals surface area contributed by atoms with Gasteiger partial charge in [0.05, 0.1) is 23.5 Å². The van der Waals surface area contributed by atoms with E-state index in [0.29, 0.717) is 40.1 Å². The summed E-state index contributed by atoms with van der Waals surface area (Å²) in [5.41, 5.74) is 1.48. The lowest BCUT2D eigenvalue weighted by Crippen LogP contribution is -2.30. The maximum absolute atomic E-state index is 12.9. The van der Waals surface area contributed by atoms with Crippen molar-refractivity contribution in [2.45, 2.75) is 25.3 Å².